The Hall–Kier alpha value is -1.41. The second-order valence-electron chi connectivity index (χ2n) is 3.97. The Morgan fingerprint density at radius 1 is 1.55 bits per heavy atom. The Morgan fingerprint density at radius 3 is 2.90 bits per heavy atom. The molecule has 0 atom stereocenters. The van der Waals surface area contributed by atoms with E-state index >= 15 is 0 Å². The maximum Gasteiger partial charge on any atom is 0.318 e. The summed E-state index contributed by atoms with van der Waals surface area (Å²) in [6.07, 6.45) is 3.27. The van der Waals surface area contributed by atoms with Crippen molar-refractivity contribution in [2.45, 2.75) is 11.8 Å². The average molecular weight is 362 g/mol. The molecular weight excluding hydrogens is 352 g/mol. The second kappa shape index (κ2) is 5.92. The van der Waals surface area contributed by atoms with Crippen molar-refractivity contribution >= 4 is 33.2 Å². The van der Waals surface area contributed by atoms with E-state index in [2.05, 4.69) is 31.2 Å². The molecular formula is C12H10BrF2N3OS. The molecule has 4 nitrogen and oxygen atoms in total. The molecule has 0 fully saturated rings. The third kappa shape index (κ3) is 3.80. The highest BCUT2D eigenvalue weighted by Crippen LogP contribution is 2.27. The molecule has 0 unspecified atom stereocenters. The van der Waals surface area contributed by atoms with Crippen LogP contribution in [0.15, 0.2) is 24.5 Å². The molecule has 0 aromatic carbocycles. The molecule has 0 spiro atoms. The van der Waals surface area contributed by atoms with Crippen molar-refractivity contribution in [3.8, 4) is 10.6 Å². The van der Waals surface area contributed by atoms with Crippen LogP contribution >= 0.6 is 27.3 Å². The molecule has 2 rings (SSSR count). The van der Waals surface area contributed by atoms with Gasteiger partial charge in [-0.05, 0) is 35.0 Å². The van der Waals surface area contributed by atoms with E-state index in [0.29, 0.717) is 15.6 Å². The first kappa shape index (κ1) is 15.0. The predicted molar refractivity (Wildman–Crippen MR) is 76.3 cm³/mol. The summed E-state index contributed by atoms with van der Waals surface area (Å²) in [5.74, 6) is -0.561. The SMILES string of the molecule is Cc1nc(-c2cccnc2)sc1C(=O)NCC(F)(F)Br. The number of alkyl halides is 3. The van der Waals surface area contributed by atoms with Crippen LogP contribution in [0.2, 0.25) is 0 Å². The Bertz CT molecular complexity index is 613. The summed E-state index contributed by atoms with van der Waals surface area (Å²) in [5, 5.41) is 2.79. The van der Waals surface area contributed by atoms with E-state index < -0.39 is 17.3 Å². The summed E-state index contributed by atoms with van der Waals surface area (Å²) >= 11 is 3.32. The summed E-state index contributed by atoms with van der Waals surface area (Å²) < 4.78 is 25.3. The highest BCUT2D eigenvalue weighted by molar-refractivity contribution is 9.10. The van der Waals surface area contributed by atoms with E-state index in [0.717, 1.165) is 16.9 Å². The minimum atomic E-state index is -3.12. The molecule has 0 saturated carbocycles. The van der Waals surface area contributed by atoms with Crippen molar-refractivity contribution in [2.24, 2.45) is 0 Å². The van der Waals surface area contributed by atoms with Gasteiger partial charge in [-0.25, -0.2) is 4.98 Å². The van der Waals surface area contributed by atoms with Crippen molar-refractivity contribution in [1.82, 2.24) is 15.3 Å². The number of carbonyl (C=O) groups is 1. The molecule has 106 valence electrons. The van der Waals surface area contributed by atoms with Gasteiger partial charge in [-0.1, -0.05) is 0 Å². The first-order valence-corrected chi connectivity index (χ1v) is 7.20. The monoisotopic (exact) mass is 361 g/mol. The maximum atomic E-state index is 12.7. The molecule has 20 heavy (non-hydrogen) atoms. The number of pyridine rings is 1. The molecule has 8 heteroatoms. The molecule has 2 aromatic heterocycles. The van der Waals surface area contributed by atoms with Gasteiger partial charge in [0.25, 0.3) is 5.91 Å². The summed E-state index contributed by atoms with van der Waals surface area (Å²) in [5.41, 5.74) is 1.29. The lowest BCUT2D eigenvalue weighted by atomic mass is 10.3. The van der Waals surface area contributed by atoms with Crippen molar-refractivity contribution in [3.05, 3.63) is 35.1 Å². The smallest absolute Gasteiger partial charge is 0.318 e. The van der Waals surface area contributed by atoms with Crippen LogP contribution in [-0.4, -0.2) is 27.3 Å². The second-order valence-corrected chi connectivity index (χ2v) is 6.13. The van der Waals surface area contributed by atoms with Crippen LogP contribution < -0.4 is 5.32 Å². The highest BCUT2D eigenvalue weighted by Gasteiger charge is 2.26. The van der Waals surface area contributed by atoms with Gasteiger partial charge in [0, 0.05) is 18.0 Å². The topological polar surface area (TPSA) is 54.9 Å². The van der Waals surface area contributed by atoms with Crippen LogP contribution in [0.25, 0.3) is 10.6 Å². The number of rotatable bonds is 4. The largest absolute Gasteiger partial charge is 0.344 e. The molecule has 1 amide bonds. The molecule has 0 bridgehead atoms. The number of hydrogen-bond donors (Lipinski definition) is 1. The van der Waals surface area contributed by atoms with Crippen LogP contribution in [0.3, 0.4) is 0 Å². The summed E-state index contributed by atoms with van der Waals surface area (Å²) in [7, 11) is 0. The lowest BCUT2D eigenvalue weighted by molar-refractivity contribution is 0.0838. The van der Waals surface area contributed by atoms with Gasteiger partial charge in [-0.3, -0.25) is 9.78 Å². The molecule has 2 aromatic rings. The normalized spacial score (nSPS) is 11.4. The zero-order chi connectivity index (χ0) is 14.8. The predicted octanol–water partition coefficient (Wildman–Crippen LogP) is 3.23. The lowest BCUT2D eigenvalue weighted by Gasteiger charge is -2.08. The first-order chi connectivity index (χ1) is 9.37. The van der Waals surface area contributed by atoms with E-state index in [4.69, 9.17) is 0 Å². The minimum absolute atomic E-state index is 0.320. The zero-order valence-electron chi connectivity index (χ0n) is 10.4. The van der Waals surface area contributed by atoms with Crippen LogP contribution in [0.1, 0.15) is 15.4 Å². The third-order valence-corrected chi connectivity index (χ3v) is 3.85. The number of nitrogens with one attached hydrogen (secondary N) is 1. The van der Waals surface area contributed by atoms with E-state index in [-0.39, 0.29) is 0 Å². The third-order valence-electron chi connectivity index (χ3n) is 2.36. The van der Waals surface area contributed by atoms with Gasteiger partial charge in [0.15, 0.2) is 0 Å². The van der Waals surface area contributed by atoms with Crippen LogP contribution in [0.5, 0.6) is 0 Å². The van der Waals surface area contributed by atoms with E-state index in [1.807, 2.05) is 6.07 Å². The highest BCUT2D eigenvalue weighted by atomic mass is 79.9. The van der Waals surface area contributed by atoms with E-state index in [9.17, 15) is 13.6 Å². The average Bonchev–Trinajstić information content (AvgIpc) is 2.78. The fourth-order valence-corrected chi connectivity index (χ4v) is 2.59. The zero-order valence-corrected chi connectivity index (χ0v) is 12.8. The van der Waals surface area contributed by atoms with Crippen molar-refractivity contribution in [2.75, 3.05) is 6.54 Å². The maximum absolute atomic E-state index is 12.7. The molecule has 2 heterocycles. The van der Waals surface area contributed by atoms with Crippen molar-refractivity contribution in [3.63, 3.8) is 0 Å². The van der Waals surface area contributed by atoms with Gasteiger partial charge < -0.3 is 5.32 Å². The number of carbonyl (C=O) groups excluding carboxylic acids is 1. The molecule has 0 aliphatic rings. The van der Waals surface area contributed by atoms with E-state index in [1.165, 1.54) is 0 Å². The van der Waals surface area contributed by atoms with Gasteiger partial charge in [0.1, 0.15) is 9.88 Å². The number of aryl methyl sites for hydroxylation is 1. The Labute approximate surface area is 126 Å². The Kier molecular flexibility index (Phi) is 4.44. The molecule has 1 N–H and O–H groups in total. The van der Waals surface area contributed by atoms with Gasteiger partial charge in [-0.2, -0.15) is 8.78 Å². The Morgan fingerprint density at radius 2 is 2.30 bits per heavy atom. The number of halogens is 3. The lowest BCUT2D eigenvalue weighted by Crippen LogP contribution is -2.32. The van der Waals surface area contributed by atoms with Gasteiger partial charge in [-0.15, -0.1) is 11.3 Å². The summed E-state index contributed by atoms with van der Waals surface area (Å²) in [6, 6.07) is 3.58. The summed E-state index contributed by atoms with van der Waals surface area (Å²) in [6.45, 7) is 0.892. The van der Waals surface area contributed by atoms with Crippen molar-refractivity contribution in [1.29, 1.82) is 0 Å². The number of hydrogen-bond acceptors (Lipinski definition) is 4. The number of thiazole rings is 1. The van der Waals surface area contributed by atoms with Crippen LogP contribution in [0, 0.1) is 6.92 Å². The molecule has 0 aliphatic carbocycles. The number of amides is 1. The summed E-state index contributed by atoms with van der Waals surface area (Å²) in [4.78, 5) is 17.3. The number of nitrogens with zero attached hydrogens (tertiary/aromatic N) is 2. The molecule has 0 aliphatic heterocycles. The van der Waals surface area contributed by atoms with Crippen LogP contribution in [-0.2, 0) is 0 Å². The Balaban J connectivity index is 2.18. The molecule has 0 radical (unpaired) electrons. The van der Waals surface area contributed by atoms with Crippen molar-refractivity contribution < 1.29 is 13.6 Å². The first-order valence-electron chi connectivity index (χ1n) is 5.59. The minimum Gasteiger partial charge on any atom is -0.344 e. The molecule has 0 saturated heterocycles. The fraction of sp³-hybridized carbons (Fsp3) is 0.250. The fourth-order valence-electron chi connectivity index (χ4n) is 1.48. The standard InChI is InChI=1S/C12H10BrF2N3OS/c1-7-9(10(19)17-6-12(13,14)15)20-11(18-7)8-3-2-4-16-5-8/h2-5H,6H2,1H3,(H,17,19). The van der Waals surface area contributed by atoms with Gasteiger partial charge in [0.05, 0.1) is 12.2 Å². The van der Waals surface area contributed by atoms with E-state index in [1.54, 1.807) is 25.4 Å². The quantitative estimate of drug-likeness (QED) is 0.850. The van der Waals surface area contributed by atoms with Gasteiger partial charge >= 0.3 is 4.83 Å². The van der Waals surface area contributed by atoms with Gasteiger partial charge in [0.2, 0.25) is 0 Å². The van der Waals surface area contributed by atoms with Crippen LogP contribution in [0.4, 0.5) is 8.78 Å². The number of aromatic nitrogens is 2.